The van der Waals surface area contributed by atoms with Crippen LogP contribution >= 0.6 is 0 Å². The molecule has 1 aromatic heterocycles. The lowest BCUT2D eigenvalue weighted by Crippen LogP contribution is -2.52. The Morgan fingerprint density at radius 2 is 1.70 bits per heavy atom. The van der Waals surface area contributed by atoms with Crippen molar-refractivity contribution in [1.29, 1.82) is 0 Å². The number of primary amides is 1. The molecular weight excluding hydrogens is 340 g/mol. The molecule has 0 saturated carbocycles. The Labute approximate surface area is 158 Å². The minimum Gasteiger partial charge on any atom is -0.368 e. The summed E-state index contributed by atoms with van der Waals surface area (Å²) in [5.41, 5.74) is 7.23. The number of carbonyl (C=O) groups is 2. The van der Waals surface area contributed by atoms with Crippen molar-refractivity contribution in [3.8, 4) is 0 Å². The van der Waals surface area contributed by atoms with E-state index in [0.29, 0.717) is 6.54 Å². The fourth-order valence-corrected chi connectivity index (χ4v) is 3.09. The van der Waals surface area contributed by atoms with Crippen molar-refractivity contribution in [3.05, 3.63) is 65.9 Å². The molecule has 1 heterocycles. The molecule has 0 aliphatic rings. The number of hydrogen-bond donors (Lipinski definition) is 2. The molecule has 0 bridgehead atoms. The van der Waals surface area contributed by atoms with Gasteiger partial charge in [-0.05, 0) is 17.0 Å². The number of nitrogens with two attached hydrogens (primary N) is 1. The second-order valence-corrected chi connectivity index (χ2v) is 7.68. The maximum atomic E-state index is 12.9. The van der Waals surface area contributed by atoms with Crippen LogP contribution in [0.25, 0.3) is 10.9 Å². The largest absolute Gasteiger partial charge is 0.368 e. The van der Waals surface area contributed by atoms with E-state index in [1.54, 1.807) is 4.68 Å². The SMILES string of the molecule is CC(C)(C)C(NC(=O)c1nn(Cc2ccccc2)c2ccccc12)C(N)=O. The Morgan fingerprint density at radius 3 is 2.33 bits per heavy atom. The van der Waals surface area contributed by atoms with E-state index in [2.05, 4.69) is 10.4 Å². The monoisotopic (exact) mass is 364 g/mol. The average Bonchev–Trinajstić information content (AvgIpc) is 2.98. The summed E-state index contributed by atoms with van der Waals surface area (Å²) in [5, 5.41) is 8.02. The van der Waals surface area contributed by atoms with Gasteiger partial charge >= 0.3 is 0 Å². The van der Waals surface area contributed by atoms with Crippen molar-refractivity contribution in [2.75, 3.05) is 0 Å². The molecule has 2 amide bonds. The van der Waals surface area contributed by atoms with Crippen molar-refractivity contribution < 1.29 is 9.59 Å². The molecule has 1 atom stereocenters. The summed E-state index contributed by atoms with van der Waals surface area (Å²) < 4.78 is 1.80. The van der Waals surface area contributed by atoms with Crippen molar-refractivity contribution in [3.63, 3.8) is 0 Å². The standard InChI is InChI=1S/C21H24N4O2/c1-21(2,3)18(19(22)26)23-20(27)17-15-11-7-8-12-16(15)25(24-17)13-14-9-5-4-6-10-14/h4-12,18H,13H2,1-3H3,(H2,22,26)(H,23,27). The maximum absolute atomic E-state index is 12.9. The summed E-state index contributed by atoms with van der Waals surface area (Å²) in [4.78, 5) is 24.7. The summed E-state index contributed by atoms with van der Waals surface area (Å²) in [7, 11) is 0. The third kappa shape index (κ3) is 4.00. The summed E-state index contributed by atoms with van der Waals surface area (Å²) in [6.45, 7) is 6.12. The Balaban J connectivity index is 1.97. The lowest BCUT2D eigenvalue weighted by molar-refractivity contribution is -0.122. The summed E-state index contributed by atoms with van der Waals surface area (Å²) in [6, 6.07) is 16.7. The molecular formula is C21H24N4O2. The molecule has 6 heteroatoms. The van der Waals surface area contributed by atoms with Crippen LogP contribution in [-0.4, -0.2) is 27.6 Å². The molecule has 2 aromatic carbocycles. The normalized spacial score (nSPS) is 12.7. The van der Waals surface area contributed by atoms with Gasteiger partial charge in [-0.25, -0.2) is 0 Å². The number of rotatable bonds is 5. The highest BCUT2D eigenvalue weighted by Gasteiger charge is 2.32. The van der Waals surface area contributed by atoms with Crippen molar-refractivity contribution >= 4 is 22.7 Å². The van der Waals surface area contributed by atoms with E-state index in [9.17, 15) is 9.59 Å². The first-order valence-electron chi connectivity index (χ1n) is 8.87. The Kier molecular flexibility index (Phi) is 4.99. The minimum atomic E-state index is -0.789. The first-order valence-corrected chi connectivity index (χ1v) is 8.87. The van der Waals surface area contributed by atoms with Crippen LogP contribution in [0, 0.1) is 5.41 Å². The van der Waals surface area contributed by atoms with Gasteiger partial charge in [0.2, 0.25) is 5.91 Å². The number of fused-ring (bicyclic) bond motifs is 1. The van der Waals surface area contributed by atoms with E-state index in [-0.39, 0.29) is 5.69 Å². The van der Waals surface area contributed by atoms with Crippen LogP contribution in [0.5, 0.6) is 0 Å². The van der Waals surface area contributed by atoms with E-state index >= 15 is 0 Å². The van der Waals surface area contributed by atoms with Crippen LogP contribution in [0.4, 0.5) is 0 Å². The quantitative estimate of drug-likeness (QED) is 0.729. The lowest BCUT2D eigenvalue weighted by atomic mass is 9.86. The van der Waals surface area contributed by atoms with Crippen LogP contribution in [0.2, 0.25) is 0 Å². The average molecular weight is 364 g/mol. The molecule has 3 N–H and O–H groups in total. The van der Waals surface area contributed by atoms with E-state index in [0.717, 1.165) is 16.5 Å². The highest BCUT2D eigenvalue weighted by atomic mass is 16.2. The van der Waals surface area contributed by atoms with Gasteiger partial charge in [-0.15, -0.1) is 0 Å². The van der Waals surface area contributed by atoms with Crippen LogP contribution in [0.15, 0.2) is 54.6 Å². The molecule has 0 aliphatic heterocycles. The second kappa shape index (κ2) is 7.23. The number of benzene rings is 2. The summed E-state index contributed by atoms with van der Waals surface area (Å²) >= 11 is 0. The number of nitrogens with zero attached hydrogens (tertiary/aromatic N) is 2. The molecule has 0 saturated heterocycles. The van der Waals surface area contributed by atoms with Crippen LogP contribution in [0.1, 0.15) is 36.8 Å². The third-order valence-electron chi connectivity index (χ3n) is 4.47. The summed E-state index contributed by atoms with van der Waals surface area (Å²) in [5.74, 6) is -0.972. The zero-order valence-corrected chi connectivity index (χ0v) is 15.8. The summed E-state index contributed by atoms with van der Waals surface area (Å²) in [6.07, 6.45) is 0. The Hall–Kier alpha value is -3.15. The zero-order chi connectivity index (χ0) is 19.6. The van der Waals surface area contributed by atoms with Crippen LogP contribution in [0.3, 0.4) is 0 Å². The molecule has 3 aromatic rings. The smallest absolute Gasteiger partial charge is 0.273 e. The molecule has 27 heavy (non-hydrogen) atoms. The third-order valence-corrected chi connectivity index (χ3v) is 4.47. The predicted octanol–water partition coefficient (Wildman–Crippen LogP) is 2.71. The number of hydrogen-bond acceptors (Lipinski definition) is 3. The van der Waals surface area contributed by atoms with Gasteiger partial charge in [0.25, 0.3) is 5.91 Å². The fraction of sp³-hybridized carbons (Fsp3) is 0.286. The molecule has 0 spiro atoms. The first kappa shape index (κ1) is 18.6. The first-order chi connectivity index (χ1) is 12.8. The minimum absolute atomic E-state index is 0.289. The van der Waals surface area contributed by atoms with Gasteiger partial charge in [-0.2, -0.15) is 5.10 Å². The fourth-order valence-electron chi connectivity index (χ4n) is 3.09. The molecule has 0 fully saturated rings. The molecule has 3 rings (SSSR count). The van der Waals surface area contributed by atoms with Crippen LogP contribution < -0.4 is 11.1 Å². The van der Waals surface area contributed by atoms with Gasteiger partial charge < -0.3 is 11.1 Å². The number of carbonyl (C=O) groups excluding carboxylic acids is 2. The molecule has 0 radical (unpaired) electrons. The van der Waals surface area contributed by atoms with Gasteiger partial charge in [0.1, 0.15) is 6.04 Å². The van der Waals surface area contributed by atoms with Crippen molar-refractivity contribution in [2.45, 2.75) is 33.4 Å². The van der Waals surface area contributed by atoms with Gasteiger partial charge in [-0.3, -0.25) is 14.3 Å². The Bertz CT molecular complexity index is 971. The van der Waals surface area contributed by atoms with Crippen molar-refractivity contribution in [2.24, 2.45) is 11.1 Å². The number of para-hydroxylation sites is 1. The molecule has 6 nitrogen and oxygen atoms in total. The maximum Gasteiger partial charge on any atom is 0.273 e. The molecule has 140 valence electrons. The zero-order valence-electron chi connectivity index (χ0n) is 15.8. The van der Waals surface area contributed by atoms with Crippen molar-refractivity contribution in [1.82, 2.24) is 15.1 Å². The molecule has 1 unspecified atom stereocenters. The number of aromatic nitrogens is 2. The predicted molar refractivity (Wildman–Crippen MR) is 105 cm³/mol. The second-order valence-electron chi connectivity index (χ2n) is 7.68. The number of amides is 2. The van der Waals surface area contributed by atoms with E-state index < -0.39 is 23.3 Å². The van der Waals surface area contributed by atoms with Gasteiger partial charge in [-0.1, -0.05) is 69.3 Å². The lowest BCUT2D eigenvalue weighted by Gasteiger charge is -2.28. The van der Waals surface area contributed by atoms with Crippen LogP contribution in [-0.2, 0) is 11.3 Å². The molecule has 0 aliphatic carbocycles. The van der Waals surface area contributed by atoms with Gasteiger partial charge in [0.05, 0.1) is 12.1 Å². The van der Waals surface area contributed by atoms with E-state index in [4.69, 9.17) is 5.73 Å². The highest BCUT2D eigenvalue weighted by molar-refractivity contribution is 6.06. The Morgan fingerprint density at radius 1 is 1.07 bits per heavy atom. The highest BCUT2D eigenvalue weighted by Crippen LogP contribution is 2.22. The number of nitrogens with one attached hydrogen (secondary N) is 1. The van der Waals surface area contributed by atoms with Gasteiger partial charge in [0.15, 0.2) is 5.69 Å². The van der Waals surface area contributed by atoms with E-state index in [1.165, 1.54) is 0 Å². The van der Waals surface area contributed by atoms with Gasteiger partial charge in [0, 0.05) is 5.39 Å². The topological polar surface area (TPSA) is 90.0 Å². The van der Waals surface area contributed by atoms with E-state index in [1.807, 2.05) is 75.4 Å².